The van der Waals surface area contributed by atoms with Crippen LogP contribution >= 0.6 is 0 Å². The number of aryl methyl sites for hydroxylation is 1. The number of hydrogen-bond acceptors (Lipinski definition) is 3. The summed E-state index contributed by atoms with van der Waals surface area (Å²) in [4.78, 5) is 11.5. The molecule has 0 unspecified atom stereocenters. The number of urea groups is 1. The molecule has 0 fully saturated rings. The molecule has 0 saturated heterocycles. The van der Waals surface area contributed by atoms with Crippen LogP contribution in [0.4, 0.5) is 4.79 Å². The highest BCUT2D eigenvalue weighted by Crippen LogP contribution is 2.24. The van der Waals surface area contributed by atoms with Gasteiger partial charge in [-0.2, -0.15) is 0 Å². The molecule has 0 aromatic heterocycles. The Hall–Kier alpha value is -1.75. The first kappa shape index (κ1) is 16.3. The van der Waals surface area contributed by atoms with Crippen LogP contribution in [0, 0.1) is 6.92 Å². The molecule has 0 heterocycles. The lowest BCUT2D eigenvalue weighted by Crippen LogP contribution is -2.36. The minimum Gasteiger partial charge on any atom is -0.488 e. The number of ether oxygens (including phenoxy) is 1. The maximum absolute atomic E-state index is 11.5. The number of aliphatic hydroxyl groups excluding tert-OH is 1. The standard InChI is InChI=1S/C15H24N2O3/c1-11-5-6-12(10-17-14(19)16-7-8-18)13(9-11)20-15(2,3)4/h5-6,9,18H,7-8,10H2,1-4H3,(H2,16,17,19). The molecule has 5 nitrogen and oxygen atoms in total. The SMILES string of the molecule is Cc1ccc(CNC(=O)NCCO)c(OC(C)(C)C)c1. The highest BCUT2D eigenvalue weighted by Gasteiger charge is 2.15. The third kappa shape index (κ3) is 5.93. The van der Waals surface area contributed by atoms with Crippen LogP contribution in [0.25, 0.3) is 0 Å². The Balaban J connectivity index is 2.71. The number of rotatable bonds is 5. The highest BCUT2D eigenvalue weighted by molar-refractivity contribution is 5.73. The Labute approximate surface area is 120 Å². The molecule has 1 rings (SSSR count). The molecular weight excluding hydrogens is 256 g/mol. The van der Waals surface area contributed by atoms with E-state index in [4.69, 9.17) is 9.84 Å². The first-order chi connectivity index (χ1) is 9.31. The van der Waals surface area contributed by atoms with Crippen LogP contribution in [-0.4, -0.2) is 29.9 Å². The van der Waals surface area contributed by atoms with Crippen LogP contribution in [-0.2, 0) is 6.54 Å². The van der Waals surface area contributed by atoms with Crippen molar-refractivity contribution in [2.75, 3.05) is 13.2 Å². The molecular formula is C15H24N2O3. The van der Waals surface area contributed by atoms with Gasteiger partial charge in [0.1, 0.15) is 11.4 Å². The van der Waals surface area contributed by atoms with Gasteiger partial charge in [0.15, 0.2) is 0 Å². The van der Waals surface area contributed by atoms with Gasteiger partial charge in [-0.15, -0.1) is 0 Å². The van der Waals surface area contributed by atoms with E-state index in [0.717, 1.165) is 16.9 Å². The van der Waals surface area contributed by atoms with Gasteiger partial charge < -0.3 is 20.5 Å². The van der Waals surface area contributed by atoms with Crippen molar-refractivity contribution in [2.45, 2.75) is 39.8 Å². The van der Waals surface area contributed by atoms with Gasteiger partial charge in [0.2, 0.25) is 0 Å². The van der Waals surface area contributed by atoms with Gasteiger partial charge in [-0.1, -0.05) is 12.1 Å². The second kappa shape index (κ2) is 7.14. The molecule has 112 valence electrons. The summed E-state index contributed by atoms with van der Waals surface area (Å²) >= 11 is 0. The van der Waals surface area contributed by atoms with Gasteiger partial charge in [-0.25, -0.2) is 4.79 Å². The average Bonchev–Trinajstić information content (AvgIpc) is 2.33. The molecule has 3 N–H and O–H groups in total. The van der Waals surface area contributed by atoms with Gasteiger partial charge in [0.05, 0.1) is 6.61 Å². The molecule has 2 amide bonds. The van der Waals surface area contributed by atoms with Crippen LogP contribution in [0.15, 0.2) is 18.2 Å². The summed E-state index contributed by atoms with van der Waals surface area (Å²) in [6.45, 7) is 8.51. The molecule has 0 saturated carbocycles. The summed E-state index contributed by atoms with van der Waals surface area (Å²) in [5.41, 5.74) is 1.74. The number of carbonyl (C=O) groups is 1. The van der Waals surface area contributed by atoms with E-state index in [1.807, 2.05) is 45.9 Å². The van der Waals surface area contributed by atoms with Gasteiger partial charge in [-0.05, 0) is 39.3 Å². The molecule has 0 bridgehead atoms. The van der Waals surface area contributed by atoms with E-state index in [-0.39, 0.29) is 24.8 Å². The lowest BCUT2D eigenvalue weighted by Gasteiger charge is -2.23. The third-order valence-corrected chi connectivity index (χ3v) is 2.48. The lowest BCUT2D eigenvalue weighted by molar-refractivity contribution is 0.129. The van der Waals surface area contributed by atoms with E-state index < -0.39 is 0 Å². The normalized spacial score (nSPS) is 11.1. The molecule has 0 aliphatic carbocycles. The Bertz CT molecular complexity index is 453. The van der Waals surface area contributed by atoms with E-state index in [2.05, 4.69) is 10.6 Å². The Morgan fingerprint density at radius 1 is 1.30 bits per heavy atom. The number of amides is 2. The van der Waals surface area contributed by atoms with E-state index in [0.29, 0.717) is 6.54 Å². The summed E-state index contributed by atoms with van der Waals surface area (Å²) in [6.07, 6.45) is 0. The van der Waals surface area contributed by atoms with E-state index in [9.17, 15) is 4.79 Å². The zero-order valence-corrected chi connectivity index (χ0v) is 12.6. The summed E-state index contributed by atoms with van der Waals surface area (Å²) in [6, 6.07) is 5.59. The monoisotopic (exact) mass is 280 g/mol. The molecule has 0 spiro atoms. The van der Waals surface area contributed by atoms with Crippen LogP contribution in [0.5, 0.6) is 5.75 Å². The largest absolute Gasteiger partial charge is 0.488 e. The first-order valence-electron chi connectivity index (χ1n) is 6.73. The molecule has 0 radical (unpaired) electrons. The van der Waals surface area contributed by atoms with E-state index >= 15 is 0 Å². The zero-order valence-electron chi connectivity index (χ0n) is 12.6. The van der Waals surface area contributed by atoms with Crippen LogP contribution in [0.1, 0.15) is 31.9 Å². The maximum atomic E-state index is 11.5. The number of aliphatic hydroxyl groups is 1. The second-order valence-electron chi connectivity index (χ2n) is 5.66. The highest BCUT2D eigenvalue weighted by atomic mass is 16.5. The predicted molar refractivity (Wildman–Crippen MR) is 78.9 cm³/mol. The fourth-order valence-corrected chi connectivity index (χ4v) is 1.64. The lowest BCUT2D eigenvalue weighted by atomic mass is 10.1. The average molecular weight is 280 g/mol. The third-order valence-electron chi connectivity index (χ3n) is 2.48. The minimum absolute atomic E-state index is 0.0731. The van der Waals surface area contributed by atoms with Crippen LogP contribution in [0.2, 0.25) is 0 Å². The van der Waals surface area contributed by atoms with Crippen LogP contribution in [0.3, 0.4) is 0 Å². The Kier molecular flexibility index (Phi) is 5.82. The minimum atomic E-state index is -0.304. The molecule has 1 aromatic carbocycles. The van der Waals surface area contributed by atoms with Crippen molar-refractivity contribution in [3.8, 4) is 5.75 Å². The topological polar surface area (TPSA) is 70.6 Å². The Morgan fingerprint density at radius 2 is 2.00 bits per heavy atom. The first-order valence-corrected chi connectivity index (χ1v) is 6.73. The van der Waals surface area contributed by atoms with Gasteiger partial charge in [0, 0.05) is 18.7 Å². The molecule has 1 aromatic rings. The van der Waals surface area contributed by atoms with Crippen molar-refractivity contribution < 1.29 is 14.6 Å². The summed E-state index contributed by atoms with van der Waals surface area (Å²) in [5.74, 6) is 0.778. The van der Waals surface area contributed by atoms with E-state index in [1.54, 1.807) is 0 Å². The second-order valence-corrected chi connectivity index (χ2v) is 5.66. The van der Waals surface area contributed by atoms with Gasteiger partial charge in [0.25, 0.3) is 0 Å². The Morgan fingerprint density at radius 3 is 2.60 bits per heavy atom. The number of carbonyl (C=O) groups excluding carboxylic acids is 1. The number of hydrogen-bond donors (Lipinski definition) is 3. The smallest absolute Gasteiger partial charge is 0.315 e. The summed E-state index contributed by atoms with van der Waals surface area (Å²) in [7, 11) is 0. The van der Waals surface area contributed by atoms with Crippen molar-refractivity contribution in [3.63, 3.8) is 0 Å². The molecule has 0 atom stereocenters. The van der Waals surface area contributed by atoms with Crippen molar-refractivity contribution in [1.82, 2.24) is 10.6 Å². The number of nitrogens with one attached hydrogen (secondary N) is 2. The van der Waals surface area contributed by atoms with Crippen molar-refractivity contribution in [1.29, 1.82) is 0 Å². The molecule has 5 heteroatoms. The molecule has 0 aliphatic heterocycles. The summed E-state index contributed by atoms with van der Waals surface area (Å²) < 4.78 is 5.92. The van der Waals surface area contributed by atoms with E-state index in [1.165, 1.54) is 0 Å². The van der Waals surface area contributed by atoms with Crippen LogP contribution < -0.4 is 15.4 Å². The quantitative estimate of drug-likeness (QED) is 0.772. The zero-order chi connectivity index (χ0) is 15.2. The molecule has 0 aliphatic rings. The summed E-state index contributed by atoms with van der Waals surface area (Å²) in [5, 5.41) is 13.9. The number of benzene rings is 1. The maximum Gasteiger partial charge on any atom is 0.315 e. The fourth-order valence-electron chi connectivity index (χ4n) is 1.64. The van der Waals surface area contributed by atoms with Gasteiger partial charge in [-0.3, -0.25) is 0 Å². The van der Waals surface area contributed by atoms with Gasteiger partial charge >= 0.3 is 6.03 Å². The fraction of sp³-hybridized carbons (Fsp3) is 0.533. The van der Waals surface area contributed by atoms with Crippen molar-refractivity contribution in [3.05, 3.63) is 29.3 Å². The molecule has 20 heavy (non-hydrogen) atoms. The predicted octanol–water partition coefficient (Wildman–Crippen LogP) is 1.96. The van der Waals surface area contributed by atoms with Crippen molar-refractivity contribution >= 4 is 6.03 Å². The van der Waals surface area contributed by atoms with Crippen molar-refractivity contribution in [2.24, 2.45) is 0 Å².